The van der Waals surface area contributed by atoms with Crippen molar-refractivity contribution in [3.63, 3.8) is 0 Å². The van der Waals surface area contributed by atoms with E-state index in [0.29, 0.717) is 0 Å². The summed E-state index contributed by atoms with van der Waals surface area (Å²) in [6.45, 7) is 9.37. The van der Waals surface area contributed by atoms with Crippen LogP contribution >= 0.6 is 0 Å². The van der Waals surface area contributed by atoms with Gasteiger partial charge in [0.2, 0.25) is 0 Å². The Morgan fingerprint density at radius 2 is 2.15 bits per heavy atom. The topological polar surface area (TPSA) is 38.1 Å². The monoisotopic (exact) mass is 182 g/mol. The molecule has 0 unspecified atom stereocenters. The van der Waals surface area contributed by atoms with Gasteiger partial charge in [-0.15, -0.1) is 0 Å². The Labute approximate surface area is 79.5 Å². The second-order valence-electron chi connectivity index (χ2n) is 3.84. The summed E-state index contributed by atoms with van der Waals surface area (Å²) in [4.78, 5) is 0. The van der Waals surface area contributed by atoms with Crippen molar-refractivity contribution >= 4 is 5.82 Å². The molecule has 1 aromatic rings. The van der Waals surface area contributed by atoms with E-state index in [9.17, 15) is 0 Å². The lowest BCUT2D eigenvalue weighted by Crippen LogP contribution is -2.14. The number of anilines is 1. The van der Waals surface area contributed by atoms with Gasteiger partial charge in [-0.25, -0.2) is 0 Å². The van der Waals surface area contributed by atoms with Crippen LogP contribution < -0.4 is 5.32 Å². The zero-order valence-corrected chi connectivity index (χ0v) is 8.85. The molecule has 0 aliphatic heterocycles. The standard InChI is InChI=1S/C10H18N2O/c1-5-10(3,4)8-7-9(11-6-2)12-13-8/h7H,5-6H2,1-4H3,(H,11,12). The maximum atomic E-state index is 5.26. The molecule has 74 valence electrons. The van der Waals surface area contributed by atoms with E-state index in [-0.39, 0.29) is 5.41 Å². The van der Waals surface area contributed by atoms with E-state index in [4.69, 9.17) is 4.52 Å². The van der Waals surface area contributed by atoms with Crippen LogP contribution in [0.3, 0.4) is 0 Å². The largest absolute Gasteiger partial charge is 0.368 e. The maximum Gasteiger partial charge on any atom is 0.169 e. The molecule has 0 atom stereocenters. The fraction of sp³-hybridized carbons (Fsp3) is 0.700. The Balaban J connectivity index is 2.79. The van der Waals surface area contributed by atoms with Crippen LogP contribution in [0.15, 0.2) is 10.6 Å². The summed E-state index contributed by atoms with van der Waals surface area (Å²) in [5, 5.41) is 7.05. The van der Waals surface area contributed by atoms with Gasteiger partial charge < -0.3 is 9.84 Å². The van der Waals surface area contributed by atoms with Crippen LogP contribution in [0.25, 0.3) is 0 Å². The SMILES string of the molecule is CCNc1cc(C(C)(C)CC)on1. The number of nitrogens with one attached hydrogen (secondary N) is 1. The van der Waals surface area contributed by atoms with Crippen LogP contribution in [0.1, 0.15) is 39.9 Å². The van der Waals surface area contributed by atoms with E-state index in [1.807, 2.05) is 13.0 Å². The quantitative estimate of drug-likeness (QED) is 0.778. The minimum atomic E-state index is 0.0840. The Morgan fingerprint density at radius 1 is 1.46 bits per heavy atom. The van der Waals surface area contributed by atoms with E-state index in [1.54, 1.807) is 0 Å². The van der Waals surface area contributed by atoms with Gasteiger partial charge in [-0.3, -0.25) is 0 Å². The summed E-state index contributed by atoms with van der Waals surface area (Å²) in [6, 6.07) is 1.98. The van der Waals surface area contributed by atoms with Crippen molar-refractivity contribution in [2.24, 2.45) is 0 Å². The van der Waals surface area contributed by atoms with E-state index < -0.39 is 0 Å². The molecule has 1 N–H and O–H groups in total. The first-order valence-electron chi connectivity index (χ1n) is 4.81. The number of nitrogens with zero attached hydrogens (tertiary/aromatic N) is 1. The highest BCUT2D eigenvalue weighted by Crippen LogP contribution is 2.28. The van der Waals surface area contributed by atoms with E-state index in [1.165, 1.54) is 0 Å². The zero-order valence-electron chi connectivity index (χ0n) is 8.85. The summed E-state index contributed by atoms with van der Waals surface area (Å²) >= 11 is 0. The first kappa shape index (κ1) is 10.1. The Hall–Kier alpha value is -0.990. The van der Waals surface area contributed by atoms with Crippen LogP contribution in [-0.4, -0.2) is 11.7 Å². The maximum absolute atomic E-state index is 5.26. The van der Waals surface area contributed by atoms with Crippen molar-refractivity contribution in [1.29, 1.82) is 0 Å². The van der Waals surface area contributed by atoms with Gasteiger partial charge >= 0.3 is 0 Å². The highest BCUT2D eigenvalue weighted by atomic mass is 16.5. The van der Waals surface area contributed by atoms with Crippen molar-refractivity contribution in [3.05, 3.63) is 11.8 Å². The molecule has 3 heteroatoms. The molecule has 0 fully saturated rings. The third-order valence-corrected chi connectivity index (χ3v) is 2.42. The van der Waals surface area contributed by atoms with Crippen molar-refractivity contribution in [3.8, 4) is 0 Å². The molecule has 0 saturated heterocycles. The van der Waals surface area contributed by atoms with Crippen molar-refractivity contribution in [2.75, 3.05) is 11.9 Å². The molecule has 0 aliphatic rings. The van der Waals surface area contributed by atoms with Gasteiger partial charge in [0, 0.05) is 18.0 Å². The number of hydrogen-bond acceptors (Lipinski definition) is 3. The lowest BCUT2D eigenvalue weighted by molar-refractivity contribution is 0.312. The fourth-order valence-corrected chi connectivity index (χ4v) is 1.03. The summed E-state index contributed by atoms with van der Waals surface area (Å²) in [6.07, 6.45) is 1.05. The summed E-state index contributed by atoms with van der Waals surface area (Å²) in [5.74, 6) is 1.78. The van der Waals surface area contributed by atoms with E-state index in [0.717, 1.165) is 24.5 Å². The first-order chi connectivity index (χ1) is 6.10. The zero-order chi connectivity index (χ0) is 9.90. The first-order valence-corrected chi connectivity index (χ1v) is 4.81. The van der Waals surface area contributed by atoms with Gasteiger partial charge in [-0.2, -0.15) is 0 Å². The number of aromatic nitrogens is 1. The second-order valence-corrected chi connectivity index (χ2v) is 3.84. The Bertz CT molecular complexity index is 266. The number of rotatable bonds is 4. The summed E-state index contributed by atoms with van der Waals surface area (Å²) < 4.78 is 5.26. The Kier molecular flexibility index (Phi) is 2.96. The molecule has 3 nitrogen and oxygen atoms in total. The molecule has 1 rings (SSSR count). The molecule has 0 aliphatic carbocycles. The van der Waals surface area contributed by atoms with Gasteiger partial charge in [0.15, 0.2) is 5.82 Å². The minimum absolute atomic E-state index is 0.0840. The van der Waals surface area contributed by atoms with Gasteiger partial charge in [0.25, 0.3) is 0 Å². The number of hydrogen-bond donors (Lipinski definition) is 1. The predicted molar refractivity (Wildman–Crippen MR) is 54.0 cm³/mol. The molecule has 0 bridgehead atoms. The molecule has 0 saturated carbocycles. The highest BCUT2D eigenvalue weighted by Gasteiger charge is 2.23. The molecular weight excluding hydrogens is 164 g/mol. The average molecular weight is 182 g/mol. The molecule has 0 aromatic carbocycles. The van der Waals surface area contributed by atoms with E-state index >= 15 is 0 Å². The lowest BCUT2D eigenvalue weighted by atomic mass is 9.87. The summed E-state index contributed by atoms with van der Waals surface area (Å²) in [5.41, 5.74) is 0.0840. The highest BCUT2D eigenvalue weighted by molar-refractivity contribution is 5.35. The molecule has 0 radical (unpaired) electrons. The summed E-state index contributed by atoms with van der Waals surface area (Å²) in [7, 11) is 0. The van der Waals surface area contributed by atoms with Crippen LogP contribution in [0.2, 0.25) is 0 Å². The van der Waals surface area contributed by atoms with Crippen molar-refractivity contribution in [1.82, 2.24) is 5.16 Å². The van der Waals surface area contributed by atoms with Crippen molar-refractivity contribution in [2.45, 2.75) is 39.5 Å². The van der Waals surface area contributed by atoms with Crippen LogP contribution in [0.5, 0.6) is 0 Å². The lowest BCUT2D eigenvalue weighted by Gasteiger charge is -2.17. The predicted octanol–water partition coefficient (Wildman–Crippen LogP) is 2.79. The normalized spacial score (nSPS) is 11.7. The molecule has 0 spiro atoms. The van der Waals surface area contributed by atoms with Gasteiger partial charge in [-0.05, 0) is 13.3 Å². The smallest absolute Gasteiger partial charge is 0.169 e. The Morgan fingerprint density at radius 3 is 2.69 bits per heavy atom. The fourth-order valence-electron chi connectivity index (χ4n) is 1.03. The molecule has 1 aromatic heterocycles. The van der Waals surface area contributed by atoms with Crippen LogP contribution in [0.4, 0.5) is 5.82 Å². The van der Waals surface area contributed by atoms with Crippen LogP contribution in [-0.2, 0) is 5.41 Å². The molecule has 13 heavy (non-hydrogen) atoms. The average Bonchev–Trinajstić information content (AvgIpc) is 2.54. The minimum Gasteiger partial charge on any atom is -0.368 e. The van der Waals surface area contributed by atoms with Gasteiger partial charge in [-0.1, -0.05) is 25.9 Å². The molecular formula is C10H18N2O. The third-order valence-electron chi connectivity index (χ3n) is 2.42. The van der Waals surface area contributed by atoms with Crippen molar-refractivity contribution < 1.29 is 4.52 Å². The van der Waals surface area contributed by atoms with Gasteiger partial charge in [0.1, 0.15) is 5.76 Å². The second kappa shape index (κ2) is 3.81. The molecule has 1 heterocycles. The molecule has 0 amide bonds. The third kappa shape index (κ3) is 2.23. The van der Waals surface area contributed by atoms with Crippen LogP contribution in [0, 0.1) is 0 Å². The van der Waals surface area contributed by atoms with Gasteiger partial charge in [0.05, 0.1) is 0 Å². The van der Waals surface area contributed by atoms with E-state index in [2.05, 4.69) is 31.2 Å².